The van der Waals surface area contributed by atoms with E-state index in [1.807, 2.05) is 30.5 Å². The Morgan fingerprint density at radius 3 is 2.75 bits per heavy atom. The molecule has 1 N–H and O–H groups in total. The molecule has 0 spiro atoms. The Morgan fingerprint density at radius 1 is 1.15 bits per heavy atom. The summed E-state index contributed by atoms with van der Waals surface area (Å²) in [5.74, 6) is 0.281. The minimum absolute atomic E-state index is 0.122. The molecule has 2 heterocycles. The third-order valence-electron chi connectivity index (χ3n) is 3.92. The van der Waals surface area contributed by atoms with Gasteiger partial charge in [0.1, 0.15) is 5.82 Å². The minimum Gasteiger partial charge on any atom is -0.316 e. The second-order valence-electron chi connectivity index (χ2n) is 5.13. The number of rotatable bonds is 2. The second kappa shape index (κ2) is 6.02. The van der Waals surface area contributed by atoms with Crippen molar-refractivity contribution in [3.63, 3.8) is 0 Å². The summed E-state index contributed by atoms with van der Waals surface area (Å²) in [5.41, 5.74) is 1.83. The first kappa shape index (κ1) is 13.7. The van der Waals surface area contributed by atoms with Crippen LogP contribution >= 0.6 is 15.9 Å². The molecular weight excluding hydrogens is 319 g/mol. The van der Waals surface area contributed by atoms with E-state index in [0.29, 0.717) is 0 Å². The largest absolute Gasteiger partial charge is 0.316 e. The van der Waals surface area contributed by atoms with Gasteiger partial charge in [-0.1, -0.05) is 18.2 Å². The highest BCUT2D eigenvalue weighted by Gasteiger charge is 2.30. The summed E-state index contributed by atoms with van der Waals surface area (Å²) >= 11 is 3.41. The summed E-state index contributed by atoms with van der Waals surface area (Å²) in [6.45, 7) is 1.75. The van der Waals surface area contributed by atoms with Crippen molar-refractivity contribution in [3.05, 3.63) is 64.1 Å². The average Bonchev–Trinajstić information content (AvgIpc) is 2.49. The number of nitrogens with one attached hydrogen (secondary N) is 1. The van der Waals surface area contributed by atoms with Crippen LogP contribution in [0.5, 0.6) is 0 Å². The Balaban J connectivity index is 1.95. The van der Waals surface area contributed by atoms with Crippen molar-refractivity contribution in [3.8, 4) is 0 Å². The third kappa shape index (κ3) is 2.76. The Kier molecular flexibility index (Phi) is 4.13. The fourth-order valence-corrected chi connectivity index (χ4v) is 3.16. The van der Waals surface area contributed by atoms with E-state index in [4.69, 9.17) is 0 Å². The molecule has 2 aromatic rings. The normalized spacial score (nSPS) is 22.7. The Labute approximate surface area is 126 Å². The van der Waals surface area contributed by atoms with E-state index in [-0.39, 0.29) is 17.7 Å². The van der Waals surface area contributed by atoms with Gasteiger partial charge in [-0.3, -0.25) is 4.98 Å². The van der Waals surface area contributed by atoms with E-state index in [9.17, 15) is 4.39 Å². The maximum absolute atomic E-state index is 14.1. The fourth-order valence-electron chi connectivity index (χ4n) is 2.92. The molecule has 1 fully saturated rings. The van der Waals surface area contributed by atoms with Crippen LogP contribution in [0.3, 0.4) is 0 Å². The first-order valence-corrected chi connectivity index (χ1v) is 7.61. The van der Waals surface area contributed by atoms with Crippen LogP contribution in [0.2, 0.25) is 0 Å². The van der Waals surface area contributed by atoms with Crippen molar-refractivity contribution in [2.24, 2.45) is 0 Å². The molecule has 1 aliphatic heterocycles. The molecule has 0 bridgehead atoms. The topological polar surface area (TPSA) is 24.9 Å². The molecule has 20 heavy (non-hydrogen) atoms. The van der Waals surface area contributed by atoms with Gasteiger partial charge in [0.05, 0.1) is 0 Å². The van der Waals surface area contributed by atoms with Crippen molar-refractivity contribution in [1.29, 1.82) is 0 Å². The smallest absolute Gasteiger partial charge is 0.126 e. The molecule has 0 aliphatic carbocycles. The third-order valence-corrected chi connectivity index (χ3v) is 4.39. The van der Waals surface area contributed by atoms with Gasteiger partial charge in [-0.15, -0.1) is 0 Å². The summed E-state index contributed by atoms with van der Waals surface area (Å²) < 4.78 is 15.0. The van der Waals surface area contributed by atoms with E-state index >= 15 is 0 Å². The van der Waals surface area contributed by atoms with Crippen molar-refractivity contribution >= 4 is 15.9 Å². The Hall–Kier alpha value is -1.26. The van der Waals surface area contributed by atoms with E-state index in [0.717, 1.165) is 35.2 Å². The lowest BCUT2D eigenvalue weighted by Crippen LogP contribution is -2.34. The number of benzene rings is 1. The Morgan fingerprint density at radius 2 is 2.00 bits per heavy atom. The molecule has 0 saturated carbocycles. The molecule has 2 unspecified atom stereocenters. The number of nitrogens with zero attached hydrogens (tertiary/aromatic N) is 1. The van der Waals surface area contributed by atoms with Gasteiger partial charge in [0.2, 0.25) is 0 Å². The minimum atomic E-state index is -0.122. The SMILES string of the molecule is Fc1ccccc1C1CNCCC1c1ccc(Br)cn1. The maximum atomic E-state index is 14.1. The number of piperidine rings is 1. The molecule has 4 heteroatoms. The Bertz CT molecular complexity index is 585. The molecule has 3 rings (SSSR count). The maximum Gasteiger partial charge on any atom is 0.126 e. The zero-order valence-corrected chi connectivity index (χ0v) is 12.6. The summed E-state index contributed by atoms with van der Waals surface area (Å²) in [5, 5.41) is 3.37. The van der Waals surface area contributed by atoms with Gasteiger partial charge >= 0.3 is 0 Å². The first-order valence-electron chi connectivity index (χ1n) is 6.82. The molecule has 1 aliphatic rings. The summed E-state index contributed by atoms with van der Waals surface area (Å²) in [7, 11) is 0. The van der Waals surface area contributed by atoms with Crippen LogP contribution in [0.15, 0.2) is 47.1 Å². The lowest BCUT2D eigenvalue weighted by Gasteiger charge is -2.32. The van der Waals surface area contributed by atoms with Crippen molar-refractivity contribution < 1.29 is 4.39 Å². The zero-order chi connectivity index (χ0) is 13.9. The van der Waals surface area contributed by atoms with Crippen LogP contribution in [-0.4, -0.2) is 18.1 Å². The molecule has 1 aromatic heterocycles. The fraction of sp³-hybridized carbons (Fsp3) is 0.312. The lowest BCUT2D eigenvalue weighted by molar-refractivity contribution is 0.388. The second-order valence-corrected chi connectivity index (χ2v) is 6.04. The molecule has 1 aromatic carbocycles. The standard InChI is InChI=1S/C16H16BrFN2/c17-11-5-6-16(20-9-11)13-7-8-19-10-14(13)12-3-1-2-4-15(12)18/h1-6,9,13-14,19H,7-8,10H2. The molecule has 2 nitrogen and oxygen atoms in total. The van der Waals surface area contributed by atoms with Crippen LogP contribution in [0.4, 0.5) is 4.39 Å². The van der Waals surface area contributed by atoms with Gasteiger partial charge < -0.3 is 5.32 Å². The van der Waals surface area contributed by atoms with E-state index in [2.05, 4.69) is 26.2 Å². The molecule has 2 atom stereocenters. The van der Waals surface area contributed by atoms with E-state index in [1.165, 1.54) is 6.07 Å². The van der Waals surface area contributed by atoms with Crippen LogP contribution in [0, 0.1) is 5.82 Å². The van der Waals surface area contributed by atoms with E-state index in [1.54, 1.807) is 6.07 Å². The summed E-state index contributed by atoms with van der Waals surface area (Å²) in [4.78, 5) is 4.51. The molecule has 1 saturated heterocycles. The molecule has 104 valence electrons. The van der Waals surface area contributed by atoms with E-state index < -0.39 is 0 Å². The average molecular weight is 335 g/mol. The van der Waals surface area contributed by atoms with Crippen molar-refractivity contribution in [2.45, 2.75) is 18.3 Å². The first-order chi connectivity index (χ1) is 9.75. The molecule has 0 radical (unpaired) electrons. The van der Waals surface area contributed by atoms with Gasteiger partial charge in [0, 0.05) is 34.7 Å². The van der Waals surface area contributed by atoms with Gasteiger partial charge in [0.25, 0.3) is 0 Å². The van der Waals surface area contributed by atoms with Gasteiger partial charge in [-0.05, 0) is 52.7 Å². The summed E-state index contributed by atoms with van der Waals surface area (Å²) in [6, 6.07) is 11.1. The van der Waals surface area contributed by atoms with Crippen LogP contribution < -0.4 is 5.32 Å². The lowest BCUT2D eigenvalue weighted by atomic mass is 9.79. The predicted molar refractivity (Wildman–Crippen MR) is 81.3 cm³/mol. The summed E-state index contributed by atoms with van der Waals surface area (Å²) in [6.07, 6.45) is 2.80. The van der Waals surface area contributed by atoms with Crippen LogP contribution in [-0.2, 0) is 0 Å². The number of hydrogen-bond donors (Lipinski definition) is 1. The highest BCUT2D eigenvalue weighted by Crippen LogP contribution is 2.37. The van der Waals surface area contributed by atoms with Crippen LogP contribution in [0.25, 0.3) is 0 Å². The molecule has 0 amide bonds. The van der Waals surface area contributed by atoms with Crippen LogP contribution in [0.1, 0.15) is 29.5 Å². The number of halogens is 2. The predicted octanol–water partition coefficient (Wildman–Crippen LogP) is 3.84. The number of hydrogen-bond acceptors (Lipinski definition) is 2. The van der Waals surface area contributed by atoms with Gasteiger partial charge in [-0.2, -0.15) is 0 Å². The van der Waals surface area contributed by atoms with Crippen molar-refractivity contribution in [1.82, 2.24) is 10.3 Å². The van der Waals surface area contributed by atoms with Gasteiger partial charge in [-0.25, -0.2) is 4.39 Å². The molecular formula is C16H16BrFN2. The number of pyridine rings is 1. The van der Waals surface area contributed by atoms with Crippen molar-refractivity contribution in [2.75, 3.05) is 13.1 Å². The van der Waals surface area contributed by atoms with Gasteiger partial charge in [0.15, 0.2) is 0 Å². The zero-order valence-electron chi connectivity index (χ0n) is 11.0. The quantitative estimate of drug-likeness (QED) is 0.902. The highest BCUT2D eigenvalue weighted by molar-refractivity contribution is 9.10. The monoisotopic (exact) mass is 334 g/mol. The number of aromatic nitrogens is 1. The highest BCUT2D eigenvalue weighted by atomic mass is 79.9.